The monoisotopic (exact) mass is 381 g/mol. The van der Waals surface area contributed by atoms with Gasteiger partial charge in [0.05, 0.1) is 0 Å². The summed E-state index contributed by atoms with van der Waals surface area (Å²) < 4.78 is 5.58. The van der Waals surface area contributed by atoms with Crippen LogP contribution in [0, 0.1) is 0 Å². The van der Waals surface area contributed by atoms with Crippen LogP contribution in [0.15, 0.2) is 69.8 Å². The van der Waals surface area contributed by atoms with Gasteiger partial charge in [0, 0.05) is 16.1 Å². The number of carbonyl (C=O) groups excluding carboxylic acids is 1. The number of rotatable bonds is 4. The lowest BCUT2D eigenvalue weighted by Crippen LogP contribution is -2.11. The zero-order chi connectivity index (χ0) is 17.9. The molecular formula is C19H12ClN3O2S. The normalized spacial score (nSPS) is 10.7. The summed E-state index contributed by atoms with van der Waals surface area (Å²) in [6.07, 6.45) is 0. The van der Waals surface area contributed by atoms with Crippen LogP contribution in [0.3, 0.4) is 0 Å². The Balaban J connectivity index is 1.55. The Kier molecular flexibility index (Phi) is 4.51. The number of thiophene rings is 1. The highest BCUT2D eigenvalue weighted by atomic mass is 35.5. The molecule has 128 valence electrons. The summed E-state index contributed by atoms with van der Waals surface area (Å²) >= 11 is 7.54. The van der Waals surface area contributed by atoms with Crippen molar-refractivity contribution in [3.8, 4) is 22.6 Å². The molecule has 7 heteroatoms. The van der Waals surface area contributed by atoms with E-state index in [-0.39, 0.29) is 11.9 Å². The Morgan fingerprint density at radius 1 is 1.00 bits per heavy atom. The molecule has 0 aliphatic rings. The van der Waals surface area contributed by atoms with Gasteiger partial charge in [-0.05, 0) is 58.3 Å². The number of carbonyl (C=O) groups is 1. The van der Waals surface area contributed by atoms with Crippen LogP contribution in [0.25, 0.3) is 22.6 Å². The molecule has 0 bridgehead atoms. The van der Waals surface area contributed by atoms with E-state index in [0.717, 1.165) is 16.7 Å². The molecule has 4 rings (SSSR count). The van der Waals surface area contributed by atoms with Crippen molar-refractivity contribution < 1.29 is 9.21 Å². The Morgan fingerprint density at radius 2 is 1.85 bits per heavy atom. The Morgan fingerprint density at radius 3 is 2.65 bits per heavy atom. The molecule has 0 fully saturated rings. The van der Waals surface area contributed by atoms with E-state index in [0.29, 0.717) is 16.5 Å². The lowest BCUT2D eigenvalue weighted by Gasteiger charge is -2.01. The predicted molar refractivity (Wildman–Crippen MR) is 102 cm³/mol. The van der Waals surface area contributed by atoms with Crippen LogP contribution in [0.1, 0.15) is 10.4 Å². The number of aromatic nitrogens is 2. The standard InChI is InChI=1S/C19H12ClN3O2S/c20-16-6-2-4-13(10-16)17(24)21-19-23-22-18(25-19)14-5-1-3-12(9-14)15-7-8-26-11-15/h1-11H,(H,21,23,24). The Bertz CT molecular complexity index is 1060. The van der Waals surface area contributed by atoms with Crippen LogP contribution in [0.2, 0.25) is 5.02 Å². The van der Waals surface area contributed by atoms with Crippen LogP contribution in [0.4, 0.5) is 6.01 Å². The molecule has 0 unspecified atom stereocenters. The highest BCUT2D eigenvalue weighted by Gasteiger charge is 2.13. The van der Waals surface area contributed by atoms with Crippen molar-refractivity contribution >= 4 is 34.9 Å². The first-order valence-corrected chi connectivity index (χ1v) is 9.04. The summed E-state index contributed by atoms with van der Waals surface area (Å²) in [6, 6.07) is 16.5. The lowest BCUT2D eigenvalue weighted by molar-refractivity contribution is 0.102. The van der Waals surface area contributed by atoms with Gasteiger partial charge in [0.2, 0.25) is 5.89 Å². The van der Waals surface area contributed by atoms with Crippen molar-refractivity contribution in [2.45, 2.75) is 0 Å². The topological polar surface area (TPSA) is 68.0 Å². The van der Waals surface area contributed by atoms with Crippen molar-refractivity contribution in [2.24, 2.45) is 0 Å². The van der Waals surface area contributed by atoms with E-state index in [2.05, 4.69) is 20.9 Å². The van der Waals surface area contributed by atoms with Crippen LogP contribution in [-0.2, 0) is 0 Å². The first-order chi connectivity index (χ1) is 12.7. The molecule has 0 atom stereocenters. The van der Waals surface area contributed by atoms with E-state index in [1.165, 1.54) is 0 Å². The summed E-state index contributed by atoms with van der Waals surface area (Å²) in [4.78, 5) is 12.2. The van der Waals surface area contributed by atoms with Gasteiger partial charge in [-0.3, -0.25) is 10.1 Å². The van der Waals surface area contributed by atoms with E-state index < -0.39 is 0 Å². The zero-order valence-corrected chi connectivity index (χ0v) is 14.9. The van der Waals surface area contributed by atoms with Crippen LogP contribution < -0.4 is 5.32 Å². The number of benzene rings is 2. The average molecular weight is 382 g/mol. The van der Waals surface area contributed by atoms with Crippen molar-refractivity contribution in [2.75, 3.05) is 5.32 Å². The number of anilines is 1. The first-order valence-electron chi connectivity index (χ1n) is 7.72. The maximum atomic E-state index is 12.2. The largest absolute Gasteiger partial charge is 0.403 e. The van der Waals surface area contributed by atoms with E-state index in [1.807, 2.05) is 35.7 Å². The number of hydrogen-bond acceptors (Lipinski definition) is 5. The molecule has 1 N–H and O–H groups in total. The van der Waals surface area contributed by atoms with Crippen molar-refractivity contribution in [3.05, 3.63) is 75.9 Å². The van der Waals surface area contributed by atoms with Gasteiger partial charge in [-0.1, -0.05) is 34.9 Å². The second kappa shape index (κ2) is 7.11. The van der Waals surface area contributed by atoms with E-state index in [1.54, 1.807) is 35.6 Å². The fourth-order valence-electron chi connectivity index (χ4n) is 2.45. The summed E-state index contributed by atoms with van der Waals surface area (Å²) in [5.74, 6) is -0.0294. The van der Waals surface area contributed by atoms with E-state index >= 15 is 0 Å². The Labute approximate surface area is 158 Å². The maximum absolute atomic E-state index is 12.2. The summed E-state index contributed by atoms with van der Waals surface area (Å²) in [5, 5.41) is 15.1. The maximum Gasteiger partial charge on any atom is 0.322 e. The number of halogens is 1. The third-order valence-corrected chi connectivity index (χ3v) is 4.61. The zero-order valence-electron chi connectivity index (χ0n) is 13.3. The lowest BCUT2D eigenvalue weighted by atomic mass is 10.1. The third-order valence-electron chi connectivity index (χ3n) is 3.70. The molecule has 2 aromatic carbocycles. The number of amides is 1. The van der Waals surface area contributed by atoms with Gasteiger partial charge in [-0.25, -0.2) is 0 Å². The highest BCUT2D eigenvalue weighted by Crippen LogP contribution is 2.27. The van der Waals surface area contributed by atoms with Crippen LogP contribution >= 0.6 is 22.9 Å². The SMILES string of the molecule is O=C(Nc1nnc(-c2cccc(-c3ccsc3)c2)o1)c1cccc(Cl)c1. The van der Waals surface area contributed by atoms with Gasteiger partial charge >= 0.3 is 6.01 Å². The molecule has 0 aliphatic heterocycles. The van der Waals surface area contributed by atoms with E-state index in [4.69, 9.17) is 16.0 Å². The second-order valence-corrected chi connectivity index (χ2v) is 6.69. The fourth-order valence-corrected chi connectivity index (χ4v) is 3.31. The van der Waals surface area contributed by atoms with Crippen molar-refractivity contribution in [1.29, 1.82) is 0 Å². The predicted octanol–water partition coefficient (Wildman–Crippen LogP) is 5.37. The van der Waals surface area contributed by atoms with Gasteiger partial charge in [0.1, 0.15) is 0 Å². The average Bonchev–Trinajstić information content (AvgIpc) is 3.34. The van der Waals surface area contributed by atoms with Crippen LogP contribution in [-0.4, -0.2) is 16.1 Å². The molecule has 4 aromatic rings. The van der Waals surface area contributed by atoms with Gasteiger partial charge in [0.25, 0.3) is 5.91 Å². The fraction of sp³-hybridized carbons (Fsp3) is 0. The number of nitrogens with one attached hydrogen (secondary N) is 1. The molecule has 0 saturated heterocycles. The summed E-state index contributed by atoms with van der Waals surface area (Å²) in [6.45, 7) is 0. The molecule has 26 heavy (non-hydrogen) atoms. The first kappa shape index (κ1) is 16.5. The molecule has 0 spiro atoms. The van der Waals surface area contributed by atoms with E-state index in [9.17, 15) is 4.79 Å². The molecule has 0 aliphatic carbocycles. The molecule has 2 heterocycles. The smallest absolute Gasteiger partial charge is 0.322 e. The molecule has 2 aromatic heterocycles. The molecule has 0 saturated carbocycles. The minimum atomic E-state index is -0.366. The number of nitrogens with zero attached hydrogens (tertiary/aromatic N) is 2. The quantitative estimate of drug-likeness (QED) is 0.516. The highest BCUT2D eigenvalue weighted by molar-refractivity contribution is 7.08. The summed E-state index contributed by atoms with van der Waals surface area (Å²) in [7, 11) is 0. The number of hydrogen-bond donors (Lipinski definition) is 1. The third kappa shape index (κ3) is 3.51. The van der Waals surface area contributed by atoms with Gasteiger partial charge in [0.15, 0.2) is 0 Å². The second-order valence-electron chi connectivity index (χ2n) is 5.47. The minimum Gasteiger partial charge on any atom is -0.403 e. The minimum absolute atomic E-state index is 0.0333. The molecule has 0 radical (unpaired) electrons. The molecule has 5 nitrogen and oxygen atoms in total. The Hall–Kier alpha value is -2.96. The molecule has 1 amide bonds. The molecular weight excluding hydrogens is 370 g/mol. The summed E-state index contributed by atoms with van der Waals surface area (Å²) in [5.41, 5.74) is 3.39. The van der Waals surface area contributed by atoms with Gasteiger partial charge < -0.3 is 4.42 Å². The van der Waals surface area contributed by atoms with Crippen molar-refractivity contribution in [1.82, 2.24) is 10.2 Å². The van der Waals surface area contributed by atoms with Crippen molar-refractivity contribution in [3.63, 3.8) is 0 Å². The van der Waals surface area contributed by atoms with Crippen LogP contribution in [0.5, 0.6) is 0 Å². The van der Waals surface area contributed by atoms with Gasteiger partial charge in [-0.2, -0.15) is 11.3 Å². The van der Waals surface area contributed by atoms with Gasteiger partial charge in [-0.15, -0.1) is 5.10 Å².